The van der Waals surface area contributed by atoms with E-state index < -0.39 is 0 Å². The number of carbonyl (C=O) groups excluding carboxylic acids is 1. The molecule has 26 heavy (non-hydrogen) atoms. The molecule has 2 aromatic rings. The van der Waals surface area contributed by atoms with E-state index in [1.54, 1.807) is 0 Å². The number of ether oxygens (including phenoxy) is 1. The van der Waals surface area contributed by atoms with E-state index in [1.165, 1.54) is 5.56 Å². The second-order valence-electron chi connectivity index (χ2n) is 7.42. The molecule has 4 rings (SSSR count). The number of carbonyl (C=O) groups is 1. The van der Waals surface area contributed by atoms with E-state index in [9.17, 15) is 4.79 Å². The van der Waals surface area contributed by atoms with E-state index in [2.05, 4.69) is 17.0 Å². The summed E-state index contributed by atoms with van der Waals surface area (Å²) in [4.78, 5) is 14.1. The van der Waals surface area contributed by atoms with Crippen LogP contribution in [-0.4, -0.2) is 18.6 Å². The van der Waals surface area contributed by atoms with Gasteiger partial charge in [0, 0.05) is 18.2 Å². The summed E-state index contributed by atoms with van der Waals surface area (Å²) in [6.07, 6.45) is 2.82. The summed E-state index contributed by atoms with van der Waals surface area (Å²) >= 11 is 0. The van der Waals surface area contributed by atoms with Crippen LogP contribution in [0, 0.1) is 11.8 Å². The molecule has 1 aliphatic heterocycles. The van der Waals surface area contributed by atoms with Crippen LogP contribution in [0.2, 0.25) is 0 Å². The number of hydrogen-bond donors (Lipinski definition) is 2. The number of nitrogen functional groups attached to an aromatic ring is 1. The molecule has 1 aliphatic carbocycles. The molecule has 1 saturated carbocycles. The maximum absolute atomic E-state index is 11.9. The van der Waals surface area contributed by atoms with Gasteiger partial charge in [-0.3, -0.25) is 4.79 Å². The number of fused-ring (bicyclic) bond motifs is 1. The van der Waals surface area contributed by atoms with Gasteiger partial charge < -0.3 is 21.1 Å². The zero-order valence-corrected chi connectivity index (χ0v) is 14.8. The van der Waals surface area contributed by atoms with Crippen molar-refractivity contribution in [2.45, 2.75) is 31.9 Å². The summed E-state index contributed by atoms with van der Waals surface area (Å²) in [5.41, 5.74) is 14.6. The van der Waals surface area contributed by atoms with Crippen molar-refractivity contribution in [1.29, 1.82) is 0 Å². The van der Waals surface area contributed by atoms with Gasteiger partial charge in [0.2, 0.25) is 5.91 Å². The first-order valence-electron chi connectivity index (χ1n) is 9.24. The lowest BCUT2D eigenvalue weighted by atomic mass is 9.94. The number of nitrogens with zero attached hydrogens (tertiary/aromatic N) is 1. The van der Waals surface area contributed by atoms with Gasteiger partial charge in [0.25, 0.3) is 0 Å². The summed E-state index contributed by atoms with van der Waals surface area (Å²) in [6, 6.07) is 16.1. The highest BCUT2D eigenvalue weighted by Gasteiger charge is 2.38. The average molecular weight is 351 g/mol. The number of rotatable bonds is 6. The SMILES string of the molecule is NC(=O)C(CC1CN(Cc2ccccc2)c2cc(N)ccc2O1)C1CC1. The van der Waals surface area contributed by atoms with E-state index in [-0.39, 0.29) is 17.9 Å². The second-order valence-corrected chi connectivity index (χ2v) is 7.42. The topological polar surface area (TPSA) is 81.6 Å². The minimum atomic E-state index is -0.200. The summed E-state index contributed by atoms with van der Waals surface area (Å²) in [5, 5.41) is 0. The van der Waals surface area contributed by atoms with Crippen LogP contribution in [0.3, 0.4) is 0 Å². The fourth-order valence-electron chi connectivity index (χ4n) is 3.84. The standard InChI is InChI=1S/C21H25N3O2/c22-16-8-9-20-19(10-16)24(12-14-4-2-1-3-5-14)13-17(26-20)11-18(21(23)25)15-6-7-15/h1-5,8-10,15,17-18H,6-7,11-13,22H2,(H2,23,25). The molecule has 0 bridgehead atoms. The highest BCUT2D eigenvalue weighted by molar-refractivity contribution is 5.77. The van der Waals surface area contributed by atoms with Crippen molar-refractivity contribution >= 4 is 17.3 Å². The predicted molar refractivity (Wildman–Crippen MR) is 103 cm³/mol. The Morgan fingerprint density at radius 3 is 2.65 bits per heavy atom. The minimum absolute atomic E-state index is 0.0482. The molecule has 1 heterocycles. The first kappa shape index (κ1) is 16.8. The van der Waals surface area contributed by atoms with Crippen molar-refractivity contribution in [1.82, 2.24) is 0 Å². The van der Waals surface area contributed by atoms with Crippen LogP contribution >= 0.6 is 0 Å². The largest absolute Gasteiger partial charge is 0.486 e. The van der Waals surface area contributed by atoms with Crippen LogP contribution in [-0.2, 0) is 11.3 Å². The summed E-state index contributed by atoms with van der Waals surface area (Å²) in [6.45, 7) is 1.50. The van der Waals surface area contributed by atoms with Crippen molar-refractivity contribution in [2.24, 2.45) is 17.6 Å². The van der Waals surface area contributed by atoms with Crippen LogP contribution in [0.5, 0.6) is 5.75 Å². The number of benzene rings is 2. The normalized spacial score (nSPS) is 20.2. The molecule has 2 aliphatic rings. The van der Waals surface area contributed by atoms with Crippen molar-refractivity contribution < 1.29 is 9.53 Å². The summed E-state index contributed by atoms with van der Waals surface area (Å²) in [5.74, 6) is 0.972. The number of amides is 1. The highest BCUT2D eigenvalue weighted by Crippen LogP contribution is 2.42. The summed E-state index contributed by atoms with van der Waals surface area (Å²) in [7, 11) is 0. The monoisotopic (exact) mass is 351 g/mol. The Morgan fingerprint density at radius 2 is 1.96 bits per heavy atom. The number of anilines is 2. The molecule has 5 nitrogen and oxygen atoms in total. The molecular formula is C21H25N3O2. The average Bonchev–Trinajstić information content (AvgIpc) is 3.46. The molecule has 0 aromatic heterocycles. The molecule has 5 heteroatoms. The predicted octanol–water partition coefficient (Wildman–Crippen LogP) is 2.94. The molecule has 0 radical (unpaired) electrons. The van der Waals surface area contributed by atoms with E-state index in [4.69, 9.17) is 16.2 Å². The van der Waals surface area contributed by atoms with E-state index in [1.807, 2.05) is 36.4 Å². The Hall–Kier alpha value is -2.69. The van der Waals surface area contributed by atoms with E-state index in [0.29, 0.717) is 12.3 Å². The van der Waals surface area contributed by atoms with Crippen LogP contribution < -0.4 is 21.1 Å². The molecule has 2 atom stereocenters. The third-order valence-electron chi connectivity index (χ3n) is 5.33. The molecule has 0 saturated heterocycles. The third-order valence-corrected chi connectivity index (χ3v) is 5.33. The van der Waals surface area contributed by atoms with E-state index >= 15 is 0 Å². The van der Waals surface area contributed by atoms with Gasteiger partial charge in [0.05, 0.1) is 12.2 Å². The van der Waals surface area contributed by atoms with Crippen molar-refractivity contribution in [3.63, 3.8) is 0 Å². The molecule has 1 amide bonds. The Labute approximate surface area is 153 Å². The van der Waals surface area contributed by atoms with Crippen LogP contribution in [0.4, 0.5) is 11.4 Å². The molecule has 4 N–H and O–H groups in total. The van der Waals surface area contributed by atoms with E-state index in [0.717, 1.165) is 43.1 Å². The molecule has 2 aromatic carbocycles. The summed E-state index contributed by atoms with van der Waals surface area (Å²) < 4.78 is 6.21. The minimum Gasteiger partial charge on any atom is -0.486 e. The maximum atomic E-state index is 11.9. The van der Waals surface area contributed by atoms with Crippen LogP contribution in [0.1, 0.15) is 24.8 Å². The van der Waals surface area contributed by atoms with Crippen LogP contribution in [0.15, 0.2) is 48.5 Å². The van der Waals surface area contributed by atoms with Gasteiger partial charge in [-0.15, -0.1) is 0 Å². The zero-order valence-electron chi connectivity index (χ0n) is 14.8. The van der Waals surface area contributed by atoms with Gasteiger partial charge in [-0.1, -0.05) is 30.3 Å². The zero-order chi connectivity index (χ0) is 18.1. The molecular weight excluding hydrogens is 326 g/mol. The molecule has 136 valence electrons. The molecule has 0 spiro atoms. The lowest BCUT2D eigenvalue weighted by molar-refractivity contribution is -0.123. The van der Waals surface area contributed by atoms with Gasteiger partial charge in [0.15, 0.2) is 0 Å². The quantitative estimate of drug-likeness (QED) is 0.784. The third kappa shape index (κ3) is 3.62. The Balaban J connectivity index is 1.57. The maximum Gasteiger partial charge on any atom is 0.220 e. The lowest BCUT2D eigenvalue weighted by Crippen LogP contribution is -2.42. The van der Waals surface area contributed by atoms with Gasteiger partial charge in [-0.25, -0.2) is 0 Å². The number of primary amides is 1. The fraction of sp³-hybridized carbons (Fsp3) is 0.381. The first-order valence-corrected chi connectivity index (χ1v) is 9.24. The Morgan fingerprint density at radius 1 is 1.19 bits per heavy atom. The Bertz CT molecular complexity index is 789. The van der Waals surface area contributed by atoms with Crippen molar-refractivity contribution in [3.05, 3.63) is 54.1 Å². The first-order chi connectivity index (χ1) is 12.6. The fourth-order valence-corrected chi connectivity index (χ4v) is 3.84. The molecule has 2 unspecified atom stereocenters. The van der Waals surface area contributed by atoms with Crippen molar-refractivity contribution in [2.75, 3.05) is 17.2 Å². The number of nitrogens with two attached hydrogens (primary N) is 2. The van der Waals surface area contributed by atoms with Crippen molar-refractivity contribution in [3.8, 4) is 5.75 Å². The van der Waals surface area contributed by atoms with Gasteiger partial charge in [-0.2, -0.15) is 0 Å². The molecule has 1 fully saturated rings. The van der Waals surface area contributed by atoms with Gasteiger partial charge in [-0.05, 0) is 48.9 Å². The smallest absolute Gasteiger partial charge is 0.220 e. The lowest BCUT2D eigenvalue weighted by Gasteiger charge is -2.37. The highest BCUT2D eigenvalue weighted by atomic mass is 16.5. The number of hydrogen-bond acceptors (Lipinski definition) is 4. The Kier molecular flexibility index (Phi) is 4.45. The van der Waals surface area contributed by atoms with Gasteiger partial charge in [0.1, 0.15) is 11.9 Å². The van der Waals surface area contributed by atoms with Gasteiger partial charge >= 0.3 is 0 Å². The second kappa shape index (κ2) is 6.90. The van der Waals surface area contributed by atoms with Crippen LogP contribution in [0.25, 0.3) is 0 Å².